The van der Waals surface area contributed by atoms with Gasteiger partial charge in [0.1, 0.15) is 5.82 Å². The van der Waals surface area contributed by atoms with Gasteiger partial charge in [-0.25, -0.2) is 4.39 Å². The molecule has 28 heavy (non-hydrogen) atoms. The SMILES string of the molecule is Cc1ccc(NC(=O)CN2CCCN(Cc3ccccc3F)S2(=O)=O)cc1C. The molecule has 1 N–H and O–H groups in total. The predicted molar refractivity (Wildman–Crippen MR) is 106 cm³/mol. The van der Waals surface area contributed by atoms with Crippen molar-refractivity contribution in [2.45, 2.75) is 26.8 Å². The van der Waals surface area contributed by atoms with E-state index in [1.54, 1.807) is 24.3 Å². The Kier molecular flexibility index (Phi) is 6.12. The fraction of sp³-hybridized carbons (Fsp3) is 0.350. The van der Waals surface area contributed by atoms with E-state index in [1.807, 2.05) is 26.0 Å². The van der Waals surface area contributed by atoms with Crippen molar-refractivity contribution in [3.63, 3.8) is 0 Å². The van der Waals surface area contributed by atoms with Gasteiger partial charge in [0.25, 0.3) is 10.2 Å². The maximum atomic E-state index is 13.9. The number of amides is 1. The van der Waals surface area contributed by atoms with Gasteiger partial charge in [-0.05, 0) is 49.6 Å². The molecule has 3 rings (SSSR count). The molecule has 150 valence electrons. The van der Waals surface area contributed by atoms with Crippen molar-refractivity contribution in [2.24, 2.45) is 0 Å². The van der Waals surface area contributed by atoms with Crippen molar-refractivity contribution in [2.75, 3.05) is 25.0 Å². The summed E-state index contributed by atoms with van der Waals surface area (Å²) >= 11 is 0. The van der Waals surface area contributed by atoms with E-state index in [0.29, 0.717) is 24.2 Å². The third-order valence-electron chi connectivity index (χ3n) is 4.88. The lowest BCUT2D eigenvalue weighted by molar-refractivity contribution is -0.116. The summed E-state index contributed by atoms with van der Waals surface area (Å²) < 4.78 is 42.0. The summed E-state index contributed by atoms with van der Waals surface area (Å²) in [7, 11) is -3.84. The maximum absolute atomic E-state index is 13.9. The van der Waals surface area contributed by atoms with Crippen LogP contribution in [0.4, 0.5) is 10.1 Å². The molecular formula is C20H24FN3O3S. The van der Waals surface area contributed by atoms with Gasteiger partial charge in [0.05, 0.1) is 6.54 Å². The van der Waals surface area contributed by atoms with Crippen molar-refractivity contribution in [1.29, 1.82) is 0 Å². The van der Waals surface area contributed by atoms with Gasteiger partial charge < -0.3 is 5.32 Å². The van der Waals surface area contributed by atoms with E-state index in [4.69, 9.17) is 0 Å². The molecule has 2 aromatic carbocycles. The van der Waals surface area contributed by atoms with Gasteiger partial charge in [-0.1, -0.05) is 24.3 Å². The average molecular weight is 405 g/mol. The molecule has 1 fully saturated rings. The zero-order chi connectivity index (χ0) is 20.3. The van der Waals surface area contributed by atoms with Crippen molar-refractivity contribution < 1.29 is 17.6 Å². The highest BCUT2D eigenvalue weighted by atomic mass is 32.2. The topological polar surface area (TPSA) is 69.7 Å². The first-order chi connectivity index (χ1) is 13.3. The molecule has 0 radical (unpaired) electrons. The number of halogens is 1. The Balaban J connectivity index is 1.68. The van der Waals surface area contributed by atoms with Gasteiger partial charge in [0.15, 0.2) is 0 Å². The predicted octanol–water partition coefficient (Wildman–Crippen LogP) is 2.83. The number of rotatable bonds is 5. The van der Waals surface area contributed by atoms with Gasteiger partial charge in [-0.15, -0.1) is 0 Å². The zero-order valence-corrected chi connectivity index (χ0v) is 16.8. The highest BCUT2D eigenvalue weighted by Crippen LogP contribution is 2.21. The van der Waals surface area contributed by atoms with E-state index in [1.165, 1.54) is 10.4 Å². The zero-order valence-electron chi connectivity index (χ0n) is 16.0. The Labute approximate surface area is 165 Å². The first kappa shape index (κ1) is 20.4. The van der Waals surface area contributed by atoms with Gasteiger partial charge >= 0.3 is 0 Å². The molecular weight excluding hydrogens is 381 g/mol. The smallest absolute Gasteiger partial charge is 0.282 e. The van der Waals surface area contributed by atoms with Crippen LogP contribution in [0.15, 0.2) is 42.5 Å². The molecule has 1 aliphatic heterocycles. The van der Waals surface area contributed by atoms with Gasteiger partial charge in [0.2, 0.25) is 5.91 Å². The third kappa shape index (κ3) is 4.57. The second-order valence-electron chi connectivity index (χ2n) is 6.97. The number of anilines is 1. The summed E-state index contributed by atoms with van der Waals surface area (Å²) in [6.45, 7) is 4.15. The van der Waals surface area contributed by atoms with Crippen molar-refractivity contribution >= 4 is 21.8 Å². The monoisotopic (exact) mass is 405 g/mol. The van der Waals surface area contributed by atoms with Crippen molar-refractivity contribution in [3.05, 3.63) is 65.0 Å². The molecule has 0 atom stereocenters. The number of carbonyl (C=O) groups excluding carboxylic acids is 1. The molecule has 0 saturated carbocycles. The molecule has 0 aromatic heterocycles. The Hall–Kier alpha value is -2.29. The number of nitrogens with zero attached hydrogens (tertiary/aromatic N) is 2. The van der Waals surface area contributed by atoms with Gasteiger partial charge in [-0.2, -0.15) is 17.0 Å². The van der Waals surface area contributed by atoms with Crippen molar-refractivity contribution in [3.8, 4) is 0 Å². The molecule has 0 unspecified atom stereocenters. The van der Waals surface area contributed by atoms with Crippen LogP contribution in [-0.2, 0) is 21.5 Å². The molecule has 1 aliphatic rings. The second kappa shape index (κ2) is 8.38. The summed E-state index contributed by atoms with van der Waals surface area (Å²) in [5.74, 6) is -0.845. The number of carbonyl (C=O) groups is 1. The lowest BCUT2D eigenvalue weighted by Gasteiger charge is -2.34. The van der Waals surface area contributed by atoms with Crippen LogP contribution >= 0.6 is 0 Å². The minimum Gasteiger partial charge on any atom is -0.325 e. The van der Waals surface area contributed by atoms with Crippen LogP contribution < -0.4 is 5.32 Å². The Morgan fingerprint density at radius 1 is 1.07 bits per heavy atom. The van der Waals surface area contributed by atoms with Crippen LogP contribution in [0.25, 0.3) is 0 Å². The van der Waals surface area contributed by atoms with Crippen molar-refractivity contribution in [1.82, 2.24) is 8.61 Å². The van der Waals surface area contributed by atoms with E-state index in [2.05, 4.69) is 5.32 Å². The number of benzene rings is 2. The van der Waals surface area contributed by atoms with E-state index in [0.717, 1.165) is 15.4 Å². The number of hydrogen-bond acceptors (Lipinski definition) is 3. The minimum absolute atomic E-state index is 0.0513. The molecule has 1 amide bonds. The average Bonchev–Trinajstić information content (AvgIpc) is 2.63. The summed E-state index contributed by atoms with van der Waals surface area (Å²) in [6.07, 6.45) is 0.574. The molecule has 1 saturated heterocycles. The normalized spacial score (nSPS) is 17.4. The molecule has 8 heteroatoms. The quantitative estimate of drug-likeness (QED) is 0.832. The fourth-order valence-corrected chi connectivity index (χ4v) is 4.76. The lowest BCUT2D eigenvalue weighted by atomic mass is 10.1. The molecule has 6 nitrogen and oxygen atoms in total. The van der Waals surface area contributed by atoms with Crippen LogP contribution in [0.1, 0.15) is 23.1 Å². The van der Waals surface area contributed by atoms with Crippen LogP contribution in [-0.4, -0.2) is 42.6 Å². The van der Waals surface area contributed by atoms with Crippen LogP contribution in [0.3, 0.4) is 0 Å². The van der Waals surface area contributed by atoms with E-state index >= 15 is 0 Å². The highest BCUT2D eigenvalue weighted by Gasteiger charge is 2.35. The molecule has 1 heterocycles. The lowest BCUT2D eigenvalue weighted by Crippen LogP contribution is -2.51. The fourth-order valence-electron chi connectivity index (χ4n) is 3.14. The largest absolute Gasteiger partial charge is 0.325 e. The van der Waals surface area contributed by atoms with E-state index < -0.39 is 21.9 Å². The summed E-state index contributed by atoms with van der Waals surface area (Å²) in [4.78, 5) is 12.4. The van der Waals surface area contributed by atoms with Crippen LogP contribution in [0, 0.1) is 19.7 Å². The van der Waals surface area contributed by atoms with Gasteiger partial charge in [-0.3, -0.25) is 4.79 Å². The van der Waals surface area contributed by atoms with Crippen LogP contribution in [0.2, 0.25) is 0 Å². The number of nitrogens with one attached hydrogen (secondary N) is 1. The standard InChI is InChI=1S/C20H24FN3O3S/c1-15-8-9-18(12-16(15)2)22-20(25)14-24-11-5-10-23(28(24,26)27)13-17-6-3-4-7-19(17)21/h3-4,6-9,12H,5,10-11,13-14H2,1-2H3,(H,22,25). The Bertz CT molecular complexity index is 978. The number of hydrogen-bond donors (Lipinski definition) is 1. The summed E-state index contributed by atoms with van der Waals surface area (Å²) in [6, 6.07) is 11.6. The second-order valence-corrected chi connectivity index (χ2v) is 8.90. The Morgan fingerprint density at radius 2 is 1.79 bits per heavy atom. The third-order valence-corrected chi connectivity index (χ3v) is 6.81. The maximum Gasteiger partial charge on any atom is 0.282 e. The molecule has 0 bridgehead atoms. The first-order valence-electron chi connectivity index (χ1n) is 9.13. The van der Waals surface area contributed by atoms with E-state index in [-0.39, 0.29) is 19.6 Å². The number of aryl methyl sites for hydroxylation is 2. The highest BCUT2D eigenvalue weighted by molar-refractivity contribution is 7.86. The first-order valence-corrected chi connectivity index (χ1v) is 10.5. The van der Waals surface area contributed by atoms with Gasteiger partial charge in [0, 0.05) is 30.9 Å². The summed E-state index contributed by atoms with van der Waals surface area (Å²) in [5, 5.41) is 2.75. The Morgan fingerprint density at radius 3 is 2.50 bits per heavy atom. The van der Waals surface area contributed by atoms with Crippen LogP contribution in [0.5, 0.6) is 0 Å². The minimum atomic E-state index is -3.84. The molecule has 2 aromatic rings. The summed E-state index contributed by atoms with van der Waals surface area (Å²) in [5.41, 5.74) is 3.10. The molecule has 0 spiro atoms. The van der Waals surface area contributed by atoms with E-state index in [9.17, 15) is 17.6 Å². The molecule has 0 aliphatic carbocycles.